The molecule has 134 valence electrons. The Kier molecular flexibility index (Phi) is 6.50. The summed E-state index contributed by atoms with van der Waals surface area (Å²) >= 11 is 11.3. The molecule has 0 aliphatic rings. The number of ether oxygens (including phenoxy) is 1. The number of halogens is 5. The van der Waals surface area contributed by atoms with Crippen LogP contribution in [-0.4, -0.2) is 16.8 Å². The van der Waals surface area contributed by atoms with Gasteiger partial charge in [-0.15, -0.1) is 11.6 Å². The first-order valence-corrected chi connectivity index (χ1v) is 8.07. The van der Waals surface area contributed by atoms with Crippen molar-refractivity contribution in [3.63, 3.8) is 0 Å². The third kappa shape index (κ3) is 5.79. The topological polar surface area (TPSA) is 51.2 Å². The van der Waals surface area contributed by atoms with Gasteiger partial charge < -0.3 is 10.1 Å². The number of carbonyl (C=O) groups is 1. The van der Waals surface area contributed by atoms with Crippen LogP contribution in [0.3, 0.4) is 0 Å². The van der Waals surface area contributed by atoms with Crippen LogP contribution < -0.4 is 10.1 Å². The number of nitrogens with zero attached hydrogens (tertiary/aromatic N) is 1. The zero-order valence-electron chi connectivity index (χ0n) is 12.7. The van der Waals surface area contributed by atoms with Crippen LogP contribution in [0.1, 0.15) is 18.4 Å². The third-order valence-corrected chi connectivity index (χ3v) is 3.56. The van der Waals surface area contributed by atoms with E-state index in [0.717, 1.165) is 6.07 Å². The minimum atomic E-state index is -4.53. The lowest BCUT2D eigenvalue weighted by Gasteiger charge is -2.10. The Morgan fingerprint density at radius 3 is 2.48 bits per heavy atom. The van der Waals surface area contributed by atoms with E-state index in [1.807, 2.05) is 0 Å². The molecule has 1 aromatic carbocycles. The number of carbonyl (C=O) groups excluding carboxylic acids is 1. The summed E-state index contributed by atoms with van der Waals surface area (Å²) in [6.45, 7) is 0. The highest BCUT2D eigenvalue weighted by molar-refractivity contribution is 6.31. The Labute approximate surface area is 151 Å². The number of rotatable bonds is 6. The highest BCUT2D eigenvalue weighted by atomic mass is 35.5. The van der Waals surface area contributed by atoms with Crippen LogP contribution in [0.5, 0.6) is 11.6 Å². The van der Waals surface area contributed by atoms with Crippen molar-refractivity contribution < 1.29 is 22.7 Å². The van der Waals surface area contributed by atoms with Gasteiger partial charge in [0, 0.05) is 24.2 Å². The summed E-state index contributed by atoms with van der Waals surface area (Å²) in [7, 11) is 0. The predicted octanol–water partition coefficient (Wildman–Crippen LogP) is 5.50. The summed E-state index contributed by atoms with van der Waals surface area (Å²) in [5, 5.41) is 2.43. The molecule has 2 rings (SSSR count). The fourth-order valence-corrected chi connectivity index (χ4v) is 2.16. The smallest absolute Gasteiger partial charge is 0.417 e. The highest BCUT2D eigenvalue weighted by Gasteiger charge is 2.31. The number of anilines is 1. The SMILES string of the molecule is O=C(CCCCl)Nc1ccc(Oc2ncc(C(F)(F)F)cc2Cl)cc1. The average Bonchev–Trinajstić information content (AvgIpc) is 2.55. The van der Waals surface area contributed by atoms with Gasteiger partial charge in [0.15, 0.2) is 0 Å². The molecule has 25 heavy (non-hydrogen) atoms. The summed E-state index contributed by atoms with van der Waals surface area (Å²) in [5.74, 6) is 0.407. The minimum absolute atomic E-state index is 0.145. The molecule has 0 saturated carbocycles. The molecule has 1 N–H and O–H groups in total. The number of hydrogen-bond acceptors (Lipinski definition) is 3. The lowest BCUT2D eigenvalue weighted by Crippen LogP contribution is -2.11. The summed E-state index contributed by atoms with van der Waals surface area (Å²) < 4.78 is 43.1. The zero-order chi connectivity index (χ0) is 18.4. The van der Waals surface area contributed by atoms with Crippen molar-refractivity contribution in [2.24, 2.45) is 0 Å². The molecule has 0 spiro atoms. The summed E-state index contributed by atoms with van der Waals surface area (Å²) in [4.78, 5) is 15.2. The standard InChI is InChI=1S/C16H13Cl2F3N2O2/c17-7-1-2-14(24)23-11-3-5-12(6-4-11)25-15-13(18)8-10(9-22-15)16(19,20)21/h3-6,8-9H,1-2,7H2,(H,23,24). The number of hydrogen-bond donors (Lipinski definition) is 1. The Morgan fingerprint density at radius 2 is 1.92 bits per heavy atom. The third-order valence-electron chi connectivity index (χ3n) is 3.02. The lowest BCUT2D eigenvalue weighted by molar-refractivity contribution is -0.137. The second kappa shape index (κ2) is 8.40. The van der Waals surface area contributed by atoms with Gasteiger partial charge in [0.2, 0.25) is 11.8 Å². The van der Waals surface area contributed by atoms with Crippen LogP contribution in [0.25, 0.3) is 0 Å². The van der Waals surface area contributed by atoms with Crippen LogP contribution in [0.15, 0.2) is 36.5 Å². The molecule has 1 heterocycles. The van der Waals surface area contributed by atoms with Crippen LogP contribution in [0.2, 0.25) is 5.02 Å². The van der Waals surface area contributed by atoms with Gasteiger partial charge in [-0.25, -0.2) is 4.98 Å². The van der Waals surface area contributed by atoms with E-state index in [9.17, 15) is 18.0 Å². The number of nitrogens with one attached hydrogen (secondary N) is 1. The Morgan fingerprint density at radius 1 is 1.24 bits per heavy atom. The van der Waals surface area contributed by atoms with E-state index in [0.29, 0.717) is 36.4 Å². The second-order valence-corrected chi connectivity index (χ2v) is 5.76. The number of alkyl halides is 4. The van der Waals surface area contributed by atoms with Crippen LogP contribution in [0, 0.1) is 0 Å². The van der Waals surface area contributed by atoms with E-state index in [2.05, 4.69) is 10.3 Å². The van der Waals surface area contributed by atoms with Crippen molar-refractivity contribution in [2.75, 3.05) is 11.2 Å². The molecule has 0 radical (unpaired) electrons. The van der Waals surface area contributed by atoms with Crippen molar-refractivity contribution in [3.8, 4) is 11.6 Å². The average molecular weight is 393 g/mol. The summed E-state index contributed by atoms with van der Waals surface area (Å²) in [6, 6.07) is 6.99. The van der Waals surface area contributed by atoms with Gasteiger partial charge in [0.05, 0.1) is 5.56 Å². The van der Waals surface area contributed by atoms with Crippen molar-refractivity contribution in [2.45, 2.75) is 19.0 Å². The Hall–Kier alpha value is -1.99. The molecule has 2 aromatic rings. The summed E-state index contributed by atoms with van der Waals surface area (Å²) in [6.07, 6.45) is -3.00. The molecule has 9 heteroatoms. The predicted molar refractivity (Wildman–Crippen MR) is 89.3 cm³/mol. The van der Waals surface area contributed by atoms with E-state index in [1.165, 1.54) is 12.1 Å². The summed E-state index contributed by atoms with van der Waals surface area (Å²) in [5.41, 5.74) is -0.404. The number of aromatic nitrogens is 1. The van der Waals surface area contributed by atoms with E-state index >= 15 is 0 Å². The maximum Gasteiger partial charge on any atom is 0.417 e. The van der Waals surface area contributed by atoms with Gasteiger partial charge >= 0.3 is 6.18 Å². The highest BCUT2D eigenvalue weighted by Crippen LogP contribution is 2.34. The second-order valence-electron chi connectivity index (χ2n) is 4.98. The Balaban J connectivity index is 2.03. The first-order valence-electron chi connectivity index (χ1n) is 7.16. The molecule has 1 amide bonds. The van der Waals surface area contributed by atoms with Crippen molar-refractivity contribution >= 4 is 34.8 Å². The van der Waals surface area contributed by atoms with Crippen LogP contribution in [0.4, 0.5) is 18.9 Å². The monoisotopic (exact) mass is 392 g/mol. The molecule has 0 aliphatic carbocycles. The molecular weight excluding hydrogens is 380 g/mol. The van der Waals surface area contributed by atoms with Gasteiger partial charge in [-0.05, 0) is 36.8 Å². The minimum Gasteiger partial charge on any atom is -0.438 e. The first-order chi connectivity index (χ1) is 11.8. The zero-order valence-corrected chi connectivity index (χ0v) is 14.3. The maximum absolute atomic E-state index is 12.6. The number of amides is 1. The fourth-order valence-electron chi connectivity index (χ4n) is 1.82. The molecule has 0 aliphatic heterocycles. The number of pyridine rings is 1. The lowest BCUT2D eigenvalue weighted by atomic mass is 10.2. The first kappa shape index (κ1) is 19.3. The van der Waals surface area contributed by atoms with Gasteiger partial charge in [-0.1, -0.05) is 11.6 Å². The van der Waals surface area contributed by atoms with E-state index in [1.54, 1.807) is 12.1 Å². The van der Waals surface area contributed by atoms with Crippen LogP contribution in [-0.2, 0) is 11.0 Å². The van der Waals surface area contributed by atoms with Gasteiger partial charge in [-0.2, -0.15) is 13.2 Å². The van der Waals surface area contributed by atoms with Gasteiger partial charge in [0.25, 0.3) is 0 Å². The van der Waals surface area contributed by atoms with E-state index in [-0.39, 0.29) is 16.8 Å². The van der Waals surface area contributed by atoms with Crippen molar-refractivity contribution in [1.29, 1.82) is 0 Å². The van der Waals surface area contributed by atoms with Crippen molar-refractivity contribution in [1.82, 2.24) is 4.98 Å². The van der Waals surface area contributed by atoms with E-state index in [4.69, 9.17) is 27.9 Å². The molecule has 0 atom stereocenters. The quantitative estimate of drug-likeness (QED) is 0.659. The fraction of sp³-hybridized carbons (Fsp3) is 0.250. The molecular formula is C16H13Cl2F3N2O2. The number of benzene rings is 1. The molecule has 0 fully saturated rings. The molecule has 0 saturated heterocycles. The van der Waals surface area contributed by atoms with Gasteiger partial charge in [-0.3, -0.25) is 4.79 Å². The van der Waals surface area contributed by atoms with Crippen molar-refractivity contribution in [3.05, 3.63) is 47.1 Å². The van der Waals surface area contributed by atoms with E-state index < -0.39 is 11.7 Å². The normalized spacial score (nSPS) is 11.2. The largest absolute Gasteiger partial charge is 0.438 e. The Bertz CT molecular complexity index is 737. The molecule has 4 nitrogen and oxygen atoms in total. The maximum atomic E-state index is 12.6. The van der Waals surface area contributed by atoms with Crippen LogP contribution >= 0.6 is 23.2 Å². The molecule has 0 unspecified atom stereocenters. The molecule has 0 bridgehead atoms. The van der Waals surface area contributed by atoms with Gasteiger partial charge in [0.1, 0.15) is 10.8 Å². The molecule has 1 aromatic heterocycles.